The van der Waals surface area contributed by atoms with Crippen molar-refractivity contribution in [3.8, 4) is 0 Å². The van der Waals surface area contributed by atoms with E-state index in [1.54, 1.807) is 0 Å². The van der Waals surface area contributed by atoms with Gasteiger partial charge in [0.1, 0.15) is 0 Å². The molecule has 0 aliphatic rings. The molecule has 0 saturated heterocycles. The van der Waals surface area contributed by atoms with Crippen LogP contribution >= 0.6 is 0 Å². The van der Waals surface area contributed by atoms with Gasteiger partial charge in [-0.1, -0.05) is 39.3 Å². The molecule has 0 bridgehead atoms. The summed E-state index contributed by atoms with van der Waals surface area (Å²) in [7, 11) is 0. The second kappa shape index (κ2) is 7.67. The quantitative estimate of drug-likeness (QED) is 0.527. The molecule has 0 spiro atoms. The van der Waals surface area contributed by atoms with E-state index in [2.05, 4.69) is 45.9 Å². The van der Waals surface area contributed by atoms with E-state index < -0.39 is 0 Å². The molecular formula is C14H17Cl2Zr. The molecule has 0 aliphatic carbocycles. The molecule has 0 N–H and O–H groups in total. The van der Waals surface area contributed by atoms with Gasteiger partial charge in [0.2, 0.25) is 0 Å². The summed E-state index contributed by atoms with van der Waals surface area (Å²) in [5.74, 6) is 0. The molecule has 91 valence electrons. The molecule has 0 atom stereocenters. The van der Waals surface area contributed by atoms with Crippen LogP contribution in [0, 0.1) is 20.8 Å². The first-order chi connectivity index (χ1) is 6.65. The molecule has 0 fully saturated rings. The molecular weight excluding hydrogens is 330 g/mol. The summed E-state index contributed by atoms with van der Waals surface area (Å²) in [5, 5.41) is 2.93. The van der Waals surface area contributed by atoms with Crippen LogP contribution in [0.5, 0.6) is 0 Å². The predicted molar refractivity (Wildman–Crippen MR) is 63.1 cm³/mol. The number of halogens is 2. The fraction of sp³-hybridized carbons (Fsp3) is 0.357. The van der Waals surface area contributed by atoms with E-state index in [9.17, 15) is 0 Å². The van der Waals surface area contributed by atoms with E-state index in [0.29, 0.717) is 0 Å². The third-order valence-electron chi connectivity index (χ3n) is 3.26. The van der Waals surface area contributed by atoms with E-state index in [4.69, 9.17) is 0 Å². The Balaban J connectivity index is 0. The molecule has 17 heavy (non-hydrogen) atoms. The normalized spacial score (nSPS) is 9.18. The smallest absolute Gasteiger partial charge is 1.00 e. The van der Waals surface area contributed by atoms with Gasteiger partial charge in [-0.3, -0.25) is 0 Å². The predicted octanol–water partition coefficient (Wildman–Crippen LogP) is -1.95. The Morgan fingerprint density at radius 2 is 1.65 bits per heavy atom. The van der Waals surface area contributed by atoms with E-state index in [1.165, 1.54) is 33.0 Å². The van der Waals surface area contributed by atoms with Gasteiger partial charge in [0.05, 0.1) is 0 Å². The van der Waals surface area contributed by atoms with Crippen molar-refractivity contribution in [1.82, 2.24) is 0 Å². The molecule has 0 amide bonds. The third kappa shape index (κ3) is 3.40. The Bertz CT molecular complexity index is 486. The average molecular weight is 347 g/mol. The van der Waals surface area contributed by atoms with Crippen molar-refractivity contribution in [1.29, 1.82) is 0 Å². The maximum Gasteiger partial charge on any atom is 3.00 e. The molecule has 2 aromatic carbocycles. The molecule has 3 heteroatoms. The van der Waals surface area contributed by atoms with Crippen molar-refractivity contribution in [3.05, 3.63) is 40.5 Å². The summed E-state index contributed by atoms with van der Waals surface area (Å²) in [6, 6.07) is 6.82. The zero-order valence-corrected chi connectivity index (χ0v) is 14.7. The maximum absolute atomic E-state index is 2.32. The number of fused-ring (bicyclic) bond motifs is 1. The number of benzene rings is 1. The Kier molecular flexibility index (Phi) is 8.85. The Morgan fingerprint density at radius 1 is 1.06 bits per heavy atom. The van der Waals surface area contributed by atoms with Crippen LogP contribution in [0.1, 0.15) is 29.2 Å². The third-order valence-corrected chi connectivity index (χ3v) is 3.26. The standard InChI is InChI=1S/C14H17.2ClH.Zr/c1-5-12-7-6-9(2)13-8-10(3)11(4)14(12)13;;;/h6-8H,5H2,1-4H3;2*1H;/q-1;;;+3/p-2. The van der Waals surface area contributed by atoms with Crippen molar-refractivity contribution in [2.75, 3.05) is 0 Å². The molecule has 2 aromatic rings. The van der Waals surface area contributed by atoms with Crippen LogP contribution in [0.4, 0.5) is 0 Å². The molecule has 0 saturated carbocycles. The molecule has 1 radical (unpaired) electrons. The van der Waals surface area contributed by atoms with Crippen LogP contribution in [-0.2, 0) is 32.6 Å². The van der Waals surface area contributed by atoms with Gasteiger partial charge in [0.25, 0.3) is 0 Å². The largest absolute Gasteiger partial charge is 3.00 e. The van der Waals surface area contributed by atoms with Crippen molar-refractivity contribution in [2.24, 2.45) is 0 Å². The summed E-state index contributed by atoms with van der Waals surface area (Å²) in [4.78, 5) is 0. The number of hydrogen-bond donors (Lipinski definition) is 0. The first kappa shape index (κ1) is 19.6. The molecule has 0 nitrogen and oxygen atoms in total. The monoisotopic (exact) mass is 345 g/mol. The topological polar surface area (TPSA) is 0 Å². The maximum atomic E-state index is 2.32. The number of aryl methyl sites for hydroxylation is 4. The van der Waals surface area contributed by atoms with E-state index in [1.807, 2.05) is 0 Å². The average Bonchev–Trinajstić information content (AvgIpc) is 2.47. The van der Waals surface area contributed by atoms with Crippen molar-refractivity contribution in [2.45, 2.75) is 34.1 Å². The number of rotatable bonds is 1. The zero-order valence-electron chi connectivity index (χ0n) is 10.7. The van der Waals surface area contributed by atoms with Crippen LogP contribution in [0.15, 0.2) is 18.2 Å². The molecule has 0 aromatic heterocycles. The van der Waals surface area contributed by atoms with Crippen LogP contribution in [0.2, 0.25) is 0 Å². The summed E-state index contributed by atoms with van der Waals surface area (Å²) in [6.45, 7) is 8.86. The van der Waals surface area contributed by atoms with Gasteiger partial charge in [-0.2, -0.15) is 5.56 Å². The molecule has 0 heterocycles. The van der Waals surface area contributed by atoms with Crippen LogP contribution in [0.3, 0.4) is 0 Å². The van der Waals surface area contributed by atoms with Crippen molar-refractivity contribution < 1.29 is 51.0 Å². The van der Waals surface area contributed by atoms with E-state index in [-0.39, 0.29) is 51.0 Å². The van der Waals surface area contributed by atoms with Crippen LogP contribution in [0.25, 0.3) is 10.8 Å². The fourth-order valence-corrected chi connectivity index (χ4v) is 2.21. The Morgan fingerprint density at radius 3 is 2.18 bits per heavy atom. The minimum atomic E-state index is 0. The summed E-state index contributed by atoms with van der Waals surface area (Å²) in [5.41, 5.74) is 5.76. The summed E-state index contributed by atoms with van der Waals surface area (Å²) in [6.07, 6.45) is 1.13. The van der Waals surface area contributed by atoms with Gasteiger partial charge in [0.15, 0.2) is 0 Å². The first-order valence-electron chi connectivity index (χ1n) is 5.30. The molecule has 2 rings (SSSR count). The first-order valence-corrected chi connectivity index (χ1v) is 5.30. The van der Waals surface area contributed by atoms with Crippen molar-refractivity contribution in [3.63, 3.8) is 0 Å². The van der Waals surface area contributed by atoms with Gasteiger partial charge < -0.3 is 24.8 Å². The Labute approximate surface area is 135 Å². The van der Waals surface area contributed by atoms with Gasteiger partial charge in [-0.25, -0.2) is 0 Å². The van der Waals surface area contributed by atoms with E-state index >= 15 is 0 Å². The van der Waals surface area contributed by atoms with E-state index in [0.717, 1.165) is 6.42 Å². The molecule has 0 aliphatic heterocycles. The fourth-order valence-electron chi connectivity index (χ4n) is 2.21. The van der Waals surface area contributed by atoms with Gasteiger partial charge in [-0.15, -0.1) is 34.0 Å². The summed E-state index contributed by atoms with van der Waals surface area (Å²) >= 11 is 0. The van der Waals surface area contributed by atoms with Crippen LogP contribution in [-0.4, -0.2) is 0 Å². The minimum Gasteiger partial charge on any atom is -1.00 e. The second-order valence-electron chi connectivity index (χ2n) is 4.14. The van der Waals surface area contributed by atoms with Gasteiger partial charge in [0, 0.05) is 0 Å². The number of hydrogen-bond acceptors (Lipinski definition) is 0. The zero-order chi connectivity index (χ0) is 10.3. The molecule has 0 unspecified atom stereocenters. The van der Waals surface area contributed by atoms with Crippen LogP contribution < -0.4 is 24.8 Å². The SMILES string of the molecule is CCc1ccc(C)c2[cH-]c(C)c(C)c12.[Cl-].[Cl-].[Zr+3]. The second-order valence-corrected chi connectivity index (χ2v) is 4.14. The summed E-state index contributed by atoms with van der Waals surface area (Å²) < 4.78 is 0. The van der Waals surface area contributed by atoms with Gasteiger partial charge in [-0.05, 0) is 6.42 Å². The van der Waals surface area contributed by atoms with Gasteiger partial charge >= 0.3 is 26.2 Å². The minimum absolute atomic E-state index is 0. The van der Waals surface area contributed by atoms with Crippen molar-refractivity contribution >= 4 is 10.8 Å². The Hall–Kier alpha value is 0.293.